The van der Waals surface area contributed by atoms with E-state index in [0.717, 1.165) is 19.5 Å². The summed E-state index contributed by atoms with van der Waals surface area (Å²) < 4.78 is 0. The lowest BCUT2D eigenvalue weighted by Crippen LogP contribution is -2.27. The van der Waals surface area contributed by atoms with Crippen molar-refractivity contribution in [3.05, 3.63) is 0 Å². The molecule has 3 N–H and O–H groups in total. The Kier molecular flexibility index (Phi) is 5.35. The molecule has 13 heavy (non-hydrogen) atoms. The summed E-state index contributed by atoms with van der Waals surface area (Å²) in [5.41, 5.74) is 0. The van der Waals surface area contributed by atoms with Crippen molar-refractivity contribution < 1.29 is 10.2 Å². The third-order valence-corrected chi connectivity index (χ3v) is 2.97. The molecule has 0 amide bonds. The van der Waals surface area contributed by atoms with Crippen molar-refractivity contribution in [2.24, 2.45) is 11.8 Å². The Hall–Kier alpha value is -0.120. The predicted octanol–water partition coefficient (Wildman–Crippen LogP) is 0.367. The van der Waals surface area contributed by atoms with E-state index in [1.165, 1.54) is 19.3 Å². The molecule has 0 bridgehead atoms. The first kappa shape index (κ1) is 11.0. The number of nitrogens with one attached hydrogen (secondary N) is 1. The maximum atomic E-state index is 9.07. The monoisotopic (exact) mass is 187 g/mol. The topological polar surface area (TPSA) is 52.5 Å². The maximum absolute atomic E-state index is 9.07. The average Bonchev–Trinajstić information content (AvgIpc) is 2.60. The normalized spacial score (nSPS) is 28.2. The lowest BCUT2D eigenvalue weighted by atomic mass is 9.97. The molecule has 0 radical (unpaired) electrons. The van der Waals surface area contributed by atoms with E-state index in [4.69, 9.17) is 10.2 Å². The van der Waals surface area contributed by atoms with Gasteiger partial charge in [0.05, 0.1) is 0 Å². The van der Waals surface area contributed by atoms with Crippen LogP contribution in [0.3, 0.4) is 0 Å². The van der Waals surface area contributed by atoms with E-state index in [1.54, 1.807) is 0 Å². The van der Waals surface area contributed by atoms with Crippen molar-refractivity contribution in [3.8, 4) is 0 Å². The van der Waals surface area contributed by atoms with Crippen molar-refractivity contribution >= 4 is 0 Å². The lowest BCUT2D eigenvalue weighted by Gasteiger charge is -2.17. The summed E-state index contributed by atoms with van der Waals surface area (Å²) >= 11 is 0. The van der Waals surface area contributed by atoms with Gasteiger partial charge in [0.1, 0.15) is 0 Å². The van der Waals surface area contributed by atoms with Crippen LogP contribution in [-0.4, -0.2) is 36.5 Å². The highest BCUT2D eigenvalue weighted by atomic mass is 16.3. The van der Waals surface area contributed by atoms with Crippen LogP contribution in [0.1, 0.15) is 25.7 Å². The van der Waals surface area contributed by atoms with E-state index in [0.29, 0.717) is 18.4 Å². The van der Waals surface area contributed by atoms with E-state index in [9.17, 15) is 0 Å². The number of aliphatic hydroxyl groups is 2. The second kappa shape index (κ2) is 6.35. The molecule has 78 valence electrons. The third kappa shape index (κ3) is 3.63. The summed E-state index contributed by atoms with van der Waals surface area (Å²) in [4.78, 5) is 0. The van der Waals surface area contributed by atoms with Gasteiger partial charge in [-0.25, -0.2) is 0 Å². The molecule has 2 atom stereocenters. The van der Waals surface area contributed by atoms with Crippen LogP contribution in [0.4, 0.5) is 0 Å². The molecule has 1 fully saturated rings. The van der Waals surface area contributed by atoms with Crippen LogP contribution in [0.25, 0.3) is 0 Å². The molecule has 0 aromatic heterocycles. The van der Waals surface area contributed by atoms with Crippen LogP contribution in [0.2, 0.25) is 0 Å². The Bertz CT molecular complexity index is 130. The Morgan fingerprint density at radius 2 is 1.92 bits per heavy atom. The summed E-state index contributed by atoms with van der Waals surface area (Å²) in [6.07, 6.45) is 4.52. The summed E-state index contributed by atoms with van der Waals surface area (Å²) in [5.74, 6) is 1.17. The van der Waals surface area contributed by atoms with Gasteiger partial charge in [0.2, 0.25) is 0 Å². The molecule has 1 saturated carbocycles. The molecule has 1 rings (SSSR count). The molecular formula is C10H21NO2. The minimum atomic E-state index is 0.265. The zero-order valence-corrected chi connectivity index (χ0v) is 8.21. The number of hydrogen-bond acceptors (Lipinski definition) is 3. The molecule has 0 aromatic rings. The van der Waals surface area contributed by atoms with E-state index < -0.39 is 0 Å². The Labute approximate surface area is 80.2 Å². The lowest BCUT2D eigenvalue weighted by molar-refractivity contribution is 0.191. The molecule has 1 aliphatic carbocycles. The molecule has 0 spiro atoms. The molecule has 3 nitrogen and oxygen atoms in total. The molecule has 2 unspecified atom stereocenters. The van der Waals surface area contributed by atoms with Crippen LogP contribution >= 0.6 is 0 Å². The fraction of sp³-hybridized carbons (Fsp3) is 1.00. The highest BCUT2D eigenvalue weighted by Crippen LogP contribution is 2.30. The second-order valence-electron chi connectivity index (χ2n) is 3.91. The fourth-order valence-corrected chi connectivity index (χ4v) is 2.11. The molecule has 0 aliphatic heterocycles. The van der Waals surface area contributed by atoms with Gasteiger partial charge in [0.25, 0.3) is 0 Å². The highest BCUT2D eigenvalue weighted by Gasteiger charge is 2.25. The second-order valence-corrected chi connectivity index (χ2v) is 3.91. The number of aliphatic hydroxyl groups excluding tert-OH is 2. The van der Waals surface area contributed by atoms with Gasteiger partial charge in [-0.2, -0.15) is 0 Å². The number of rotatable bonds is 6. The SMILES string of the molecule is OCCCNCC1CCCC1CO. The first-order chi connectivity index (χ1) is 6.38. The first-order valence-corrected chi connectivity index (χ1v) is 5.31. The number of hydrogen-bond donors (Lipinski definition) is 3. The molecule has 0 saturated heterocycles. The molecule has 3 heteroatoms. The van der Waals surface area contributed by atoms with Crippen molar-refractivity contribution in [1.82, 2.24) is 5.32 Å². The minimum Gasteiger partial charge on any atom is -0.396 e. The van der Waals surface area contributed by atoms with Gasteiger partial charge in [-0.15, -0.1) is 0 Å². The van der Waals surface area contributed by atoms with Crippen LogP contribution < -0.4 is 5.32 Å². The summed E-state index contributed by atoms with van der Waals surface area (Å²) in [6.45, 7) is 2.50. The average molecular weight is 187 g/mol. The quantitative estimate of drug-likeness (QED) is 0.526. The van der Waals surface area contributed by atoms with Crippen molar-refractivity contribution in [2.75, 3.05) is 26.3 Å². The van der Waals surface area contributed by atoms with Crippen LogP contribution in [-0.2, 0) is 0 Å². The zero-order valence-electron chi connectivity index (χ0n) is 8.21. The van der Waals surface area contributed by atoms with E-state index >= 15 is 0 Å². The van der Waals surface area contributed by atoms with Gasteiger partial charge in [0, 0.05) is 13.2 Å². The van der Waals surface area contributed by atoms with E-state index in [1.807, 2.05) is 0 Å². The van der Waals surface area contributed by atoms with Gasteiger partial charge in [0.15, 0.2) is 0 Å². The van der Waals surface area contributed by atoms with E-state index in [2.05, 4.69) is 5.32 Å². The van der Waals surface area contributed by atoms with Crippen LogP contribution in [0.15, 0.2) is 0 Å². The summed E-state index contributed by atoms with van der Waals surface area (Å²) in [5, 5.41) is 21.0. The maximum Gasteiger partial charge on any atom is 0.0462 e. The Morgan fingerprint density at radius 3 is 2.62 bits per heavy atom. The van der Waals surface area contributed by atoms with Crippen LogP contribution in [0.5, 0.6) is 0 Å². The van der Waals surface area contributed by atoms with Gasteiger partial charge < -0.3 is 15.5 Å². The molecule has 0 heterocycles. The fourth-order valence-electron chi connectivity index (χ4n) is 2.11. The van der Waals surface area contributed by atoms with Crippen LogP contribution in [0, 0.1) is 11.8 Å². The van der Waals surface area contributed by atoms with Gasteiger partial charge in [-0.1, -0.05) is 6.42 Å². The summed E-state index contributed by atoms with van der Waals surface area (Å²) in [7, 11) is 0. The first-order valence-electron chi connectivity index (χ1n) is 5.31. The Balaban J connectivity index is 2.06. The molecule has 0 aromatic carbocycles. The minimum absolute atomic E-state index is 0.265. The standard InChI is InChI=1S/C10H21NO2/c12-6-2-5-11-7-9-3-1-4-10(9)8-13/h9-13H,1-8H2. The third-order valence-electron chi connectivity index (χ3n) is 2.97. The van der Waals surface area contributed by atoms with Gasteiger partial charge >= 0.3 is 0 Å². The van der Waals surface area contributed by atoms with E-state index in [-0.39, 0.29) is 6.61 Å². The largest absolute Gasteiger partial charge is 0.396 e. The highest BCUT2D eigenvalue weighted by molar-refractivity contribution is 4.78. The smallest absolute Gasteiger partial charge is 0.0462 e. The van der Waals surface area contributed by atoms with Crippen molar-refractivity contribution in [2.45, 2.75) is 25.7 Å². The van der Waals surface area contributed by atoms with Gasteiger partial charge in [-0.3, -0.25) is 0 Å². The predicted molar refractivity (Wildman–Crippen MR) is 52.5 cm³/mol. The molecular weight excluding hydrogens is 166 g/mol. The molecule has 1 aliphatic rings. The van der Waals surface area contributed by atoms with Crippen molar-refractivity contribution in [1.29, 1.82) is 0 Å². The summed E-state index contributed by atoms with van der Waals surface area (Å²) in [6, 6.07) is 0. The van der Waals surface area contributed by atoms with Crippen molar-refractivity contribution in [3.63, 3.8) is 0 Å². The zero-order chi connectivity index (χ0) is 9.52. The van der Waals surface area contributed by atoms with Gasteiger partial charge in [-0.05, 0) is 44.2 Å². The Morgan fingerprint density at radius 1 is 1.15 bits per heavy atom.